The highest BCUT2D eigenvalue weighted by atomic mass is 16.2. The van der Waals surface area contributed by atoms with Crippen LogP contribution in [0.25, 0.3) is 0 Å². The van der Waals surface area contributed by atoms with Crippen LogP contribution < -0.4 is 5.32 Å². The Kier molecular flexibility index (Phi) is 5.12. The van der Waals surface area contributed by atoms with E-state index in [4.69, 9.17) is 0 Å². The second-order valence-corrected chi connectivity index (χ2v) is 6.38. The minimum absolute atomic E-state index is 0.0256. The zero-order chi connectivity index (χ0) is 17.8. The van der Waals surface area contributed by atoms with E-state index in [2.05, 4.69) is 10.3 Å². The van der Waals surface area contributed by atoms with Crippen molar-refractivity contribution in [3.8, 4) is 0 Å². The van der Waals surface area contributed by atoms with Crippen LogP contribution >= 0.6 is 0 Å². The molecular formula is C20H23N3O2. The molecule has 1 aliphatic heterocycles. The molecule has 0 saturated heterocycles. The number of hydrogen-bond acceptors (Lipinski definition) is 3. The Morgan fingerprint density at radius 3 is 2.68 bits per heavy atom. The van der Waals surface area contributed by atoms with Gasteiger partial charge in [0.25, 0.3) is 0 Å². The lowest BCUT2D eigenvalue weighted by atomic mass is 9.93. The van der Waals surface area contributed by atoms with Crippen LogP contribution in [0.3, 0.4) is 0 Å². The third-order valence-electron chi connectivity index (χ3n) is 4.71. The fraction of sp³-hybridized carbons (Fsp3) is 0.350. The Balaban J connectivity index is 1.84. The fourth-order valence-corrected chi connectivity index (χ4v) is 3.30. The molecule has 0 radical (unpaired) electrons. The first kappa shape index (κ1) is 17.1. The van der Waals surface area contributed by atoms with Gasteiger partial charge in [0.05, 0.1) is 17.7 Å². The van der Waals surface area contributed by atoms with Gasteiger partial charge in [-0.2, -0.15) is 0 Å². The van der Waals surface area contributed by atoms with Crippen LogP contribution in [0.2, 0.25) is 0 Å². The first-order chi connectivity index (χ1) is 12.1. The SMILES string of the molecule is CCC(NC(=O)C1CN(C(C)=O)Cc2cccnc21)c1ccccc1. The average Bonchev–Trinajstić information content (AvgIpc) is 2.65. The Hall–Kier alpha value is -2.69. The van der Waals surface area contributed by atoms with E-state index in [-0.39, 0.29) is 17.9 Å². The topological polar surface area (TPSA) is 62.3 Å². The monoisotopic (exact) mass is 337 g/mol. The van der Waals surface area contributed by atoms with Gasteiger partial charge in [-0.25, -0.2) is 0 Å². The largest absolute Gasteiger partial charge is 0.349 e. The van der Waals surface area contributed by atoms with Crippen LogP contribution in [0.1, 0.15) is 49.0 Å². The maximum Gasteiger partial charge on any atom is 0.231 e. The van der Waals surface area contributed by atoms with Crippen molar-refractivity contribution < 1.29 is 9.59 Å². The molecule has 1 aromatic heterocycles. The number of nitrogens with one attached hydrogen (secondary N) is 1. The highest BCUT2D eigenvalue weighted by molar-refractivity contribution is 5.85. The highest BCUT2D eigenvalue weighted by Gasteiger charge is 2.33. The van der Waals surface area contributed by atoms with Crippen molar-refractivity contribution in [1.82, 2.24) is 15.2 Å². The lowest BCUT2D eigenvalue weighted by Gasteiger charge is -2.33. The Labute approximate surface area is 148 Å². The lowest BCUT2D eigenvalue weighted by molar-refractivity contribution is -0.131. The molecule has 1 aliphatic rings. The zero-order valence-corrected chi connectivity index (χ0v) is 14.6. The van der Waals surface area contributed by atoms with Crippen molar-refractivity contribution >= 4 is 11.8 Å². The van der Waals surface area contributed by atoms with Crippen molar-refractivity contribution in [1.29, 1.82) is 0 Å². The van der Waals surface area contributed by atoms with E-state index in [0.717, 1.165) is 23.2 Å². The summed E-state index contributed by atoms with van der Waals surface area (Å²) in [5.74, 6) is -0.546. The van der Waals surface area contributed by atoms with E-state index in [1.807, 2.05) is 49.4 Å². The van der Waals surface area contributed by atoms with E-state index in [9.17, 15) is 9.59 Å². The summed E-state index contributed by atoms with van der Waals surface area (Å²) in [6.45, 7) is 4.47. The third kappa shape index (κ3) is 3.71. The van der Waals surface area contributed by atoms with Gasteiger partial charge in [0.2, 0.25) is 11.8 Å². The van der Waals surface area contributed by atoms with Crippen LogP contribution in [0, 0.1) is 0 Å². The molecule has 0 spiro atoms. The fourth-order valence-electron chi connectivity index (χ4n) is 3.30. The molecule has 0 fully saturated rings. The summed E-state index contributed by atoms with van der Waals surface area (Å²) in [7, 11) is 0. The van der Waals surface area contributed by atoms with E-state index < -0.39 is 5.92 Å². The van der Waals surface area contributed by atoms with Gasteiger partial charge in [-0.05, 0) is 23.6 Å². The molecule has 2 unspecified atom stereocenters. The quantitative estimate of drug-likeness (QED) is 0.933. The normalized spacial score (nSPS) is 17.5. The van der Waals surface area contributed by atoms with Gasteiger partial charge in [0, 0.05) is 26.2 Å². The van der Waals surface area contributed by atoms with Crippen LogP contribution in [-0.2, 0) is 16.1 Å². The smallest absolute Gasteiger partial charge is 0.231 e. The van der Waals surface area contributed by atoms with Crippen molar-refractivity contribution in [2.75, 3.05) is 6.54 Å². The van der Waals surface area contributed by atoms with Gasteiger partial charge >= 0.3 is 0 Å². The van der Waals surface area contributed by atoms with Crippen molar-refractivity contribution in [2.45, 2.75) is 38.8 Å². The molecule has 5 nitrogen and oxygen atoms in total. The Morgan fingerprint density at radius 2 is 2.00 bits per heavy atom. The van der Waals surface area contributed by atoms with E-state index >= 15 is 0 Å². The number of benzene rings is 1. The summed E-state index contributed by atoms with van der Waals surface area (Å²) in [6.07, 6.45) is 2.50. The number of fused-ring (bicyclic) bond motifs is 1. The van der Waals surface area contributed by atoms with E-state index in [0.29, 0.717) is 13.1 Å². The van der Waals surface area contributed by atoms with E-state index in [1.54, 1.807) is 11.1 Å². The average molecular weight is 337 g/mol. The number of carbonyl (C=O) groups is 2. The Bertz CT molecular complexity index is 761. The zero-order valence-electron chi connectivity index (χ0n) is 14.6. The molecule has 0 saturated carbocycles. The van der Waals surface area contributed by atoms with Crippen LogP contribution in [-0.4, -0.2) is 28.2 Å². The summed E-state index contributed by atoms with van der Waals surface area (Å²) >= 11 is 0. The predicted octanol–water partition coefficient (Wildman–Crippen LogP) is 2.79. The molecule has 0 aliphatic carbocycles. The molecule has 2 amide bonds. The maximum absolute atomic E-state index is 13.0. The minimum atomic E-state index is -0.438. The summed E-state index contributed by atoms with van der Waals surface area (Å²) in [5, 5.41) is 3.14. The van der Waals surface area contributed by atoms with Crippen molar-refractivity contribution in [3.05, 3.63) is 65.5 Å². The molecule has 2 heterocycles. The van der Waals surface area contributed by atoms with Gasteiger partial charge in [-0.15, -0.1) is 0 Å². The third-order valence-corrected chi connectivity index (χ3v) is 4.71. The number of nitrogens with zero attached hydrogens (tertiary/aromatic N) is 2. The summed E-state index contributed by atoms with van der Waals surface area (Å²) in [4.78, 5) is 31.0. The van der Waals surface area contributed by atoms with Crippen LogP contribution in [0.4, 0.5) is 0 Å². The number of carbonyl (C=O) groups excluding carboxylic acids is 2. The summed E-state index contributed by atoms with van der Waals surface area (Å²) in [6, 6.07) is 13.7. The number of amides is 2. The summed E-state index contributed by atoms with van der Waals surface area (Å²) in [5.41, 5.74) is 2.80. The molecule has 130 valence electrons. The molecule has 5 heteroatoms. The molecule has 1 aromatic carbocycles. The van der Waals surface area contributed by atoms with Crippen LogP contribution in [0.15, 0.2) is 48.7 Å². The summed E-state index contributed by atoms with van der Waals surface area (Å²) < 4.78 is 0. The minimum Gasteiger partial charge on any atom is -0.349 e. The first-order valence-electron chi connectivity index (χ1n) is 8.64. The molecule has 25 heavy (non-hydrogen) atoms. The predicted molar refractivity (Wildman–Crippen MR) is 95.7 cm³/mol. The van der Waals surface area contributed by atoms with Crippen molar-refractivity contribution in [3.63, 3.8) is 0 Å². The Morgan fingerprint density at radius 1 is 1.24 bits per heavy atom. The van der Waals surface area contributed by atoms with Gasteiger partial charge in [0.1, 0.15) is 0 Å². The number of aromatic nitrogens is 1. The first-order valence-corrected chi connectivity index (χ1v) is 8.64. The standard InChI is InChI=1S/C20H23N3O2/c1-3-18(15-8-5-4-6-9-15)22-20(25)17-13-23(14(2)24)12-16-10-7-11-21-19(16)17/h4-11,17-18H,3,12-13H2,1-2H3,(H,22,25). The number of pyridine rings is 1. The number of rotatable bonds is 4. The molecular weight excluding hydrogens is 314 g/mol. The van der Waals surface area contributed by atoms with Gasteiger partial charge in [-0.3, -0.25) is 14.6 Å². The van der Waals surface area contributed by atoms with Gasteiger partial charge in [0.15, 0.2) is 0 Å². The van der Waals surface area contributed by atoms with Crippen LogP contribution in [0.5, 0.6) is 0 Å². The van der Waals surface area contributed by atoms with E-state index in [1.165, 1.54) is 6.92 Å². The molecule has 2 atom stereocenters. The second-order valence-electron chi connectivity index (χ2n) is 6.38. The molecule has 1 N–H and O–H groups in total. The van der Waals surface area contributed by atoms with Gasteiger partial charge in [-0.1, -0.05) is 43.3 Å². The van der Waals surface area contributed by atoms with Gasteiger partial charge < -0.3 is 10.2 Å². The molecule has 2 aromatic rings. The molecule has 0 bridgehead atoms. The number of hydrogen-bond donors (Lipinski definition) is 1. The maximum atomic E-state index is 13.0. The van der Waals surface area contributed by atoms with Crippen molar-refractivity contribution in [2.24, 2.45) is 0 Å². The highest BCUT2D eigenvalue weighted by Crippen LogP contribution is 2.28. The lowest BCUT2D eigenvalue weighted by Crippen LogP contribution is -2.44. The second kappa shape index (κ2) is 7.47. The molecule has 3 rings (SSSR count).